The first kappa shape index (κ1) is 24.6. The van der Waals surface area contributed by atoms with Gasteiger partial charge in [-0.25, -0.2) is 17.2 Å². The third kappa shape index (κ3) is 6.07. The third-order valence-electron chi connectivity index (χ3n) is 4.67. The lowest BCUT2D eigenvalue weighted by molar-refractivity contribution is 0.0928. The van der Waals surface area contributed by atoms with Gasteiger partial charge in [-0.15, -0.1) is 0 Å². The zero-order valence-corrected chi connectivity index (χ0v) is 18.8. The number of anilines is 1. The van der Waals surface area contributed by atoms with E-state index in [0.29, 0.717) is 23.4 Å². The van der Waals surface area contributed by atoms with Crippen molar-refractivity contribution in [3.8, 4) is 5.75 Å². The first-order valence-corrected chi connectivity index (χ1v) is 11.5. The average molecular weight is 490 g/mol. The summed E-state index contributed by atoms with van der Waals surface area (Å²) >= 11 is 0. The molecule has 0 aliphatic rings. The van der Waals surface area contributed by atoms with Crippen molar-refractivity contribution in [1.29, 1.82) is 0 Å². The molecule has 2 amide bonds. The molecule has 11 heteroatoms. The van der Waals surface area contributed by atoms with Crippen LogP contribution in [0.2, 0.25) is 0 Å². The molecule has 8 nitrogen and oxygen atoms in total. The molecule has 34 heavy (non-hydrogen) atoms. The number of halogens is 2. The van der Waals surface area contributed by atoms with Crippen LogP contribution in [-0.2, 0) is 10.0 Å². The van der Waals surface area contributed by atoms with Gasteiger partial charge in [-0.1, -0.05) is 12.1 Å². The first-order valence-electron chi connectivity index (χ1n) is 9.98. The summed E-state index contributed by atoms with van der Waals surface area (Å²) in [4.78, 5) is 24.3. The number of ether oxygens (including phenoxy) is 1. The van der Waals surface area contributed by atoms with E-state index in [2.05, 4.69) is 15.4 Å². The fraction of sp³-hybridized carbons (Fsp3) is 0.130. The van der Waals surface area contributed by atoms with Crippen molar-refractivity contribution in [2.24, 2.45) is 0 Å². The number of carbonyl (C=O) groups is 2. The Morgan fingerprint density at radius 2 is 1.50 bits per heavy atom. The third-order valence-corrected chi connectivity index (χ3v) is 6.03. The second-order valence-electron chi connectivity index (χ2n) is 6.97. The predicted molar refractivity (Wildman–Crippen MR) is 121 cm³/mol. The molecule has 0 fully saturated rings. The number of hydrogen-bond donors (Lipinski definition) is 3. The van der Waals surface area contributed by atoms with Crippen LogP contribution in [0.25, 0.3) is 0 Å². The lowest BCUT2D eigenvalue weighted by Crippen LogP contribution is -2.35. The van der Waals surface area contributed by atoms with Crippen LogP contribution in [0.15, 0.2) is 71.6 Å². The Labute approximate surface area is 195 Å². The maximum absolute atomic E-state index is 13.5. The normalized spacial score (nSPS) is 10.9. The van der Waals surface area contributed by atoms with Gasteiger partial charge in [-0.05, 0) is 54.6 Å². The number of benzene rings is 3. The summed E-state index contributed by atoms with van der Waals surface area (Å²) < 4.78 is 59.0. The van der Waals surface area contributed by atoms with Gasteiger partial charge in [-0.3, -0.25) is 14.3 Å². The van der Waals surface area contributed by atoms with E-state index in [0.717, 1.165) is 6.07 Å². The topological polar surface area (TPSA) is 114 Å². The monoisotopic (exact) mass is 489 g/mol. The molecular weight excluding hydrogens is 468 g/mol. The highest BCUT2D eigenvalue weighted by Crippen LogP contribution is 2.21. The van der Waals surface area contributed by atoms with Gasteiger partial charge in [0.25, 0.3) is 21.8 Å². The van der Waals surface area contributed by atoms with Crippen molar-refractivity contribution >= 4 is 27.5 Å². The van der Waals surface area contributed by atoms with Gasteiger partial charge in [-0.2, -0.15) is 0 Å². The van der Waals surface area contributed by atoms with Crippen LogP contribution < -0.4 is 20.1 Å². The van der Waals surface area contributed by atoms with Gasteiger partial charge in [0.15, 0.2) is 11.6 Å². The smallest absolute Gasteiger partial charge is 0.262 e. The highest BCUT2D eigenvalue weighted by Gasteiger charge is 2.20. The van der Waals surface area contributed by atoms with E-state index in [1.807, 2.05) is 0 Å². The number of para-hydroxylation sites is 1. The molecule has 0 aliphatic heterocycles. The molecule has 0 aromatic heterocycles. The molecule has 0 spiro atoms. The highest BCUT2D eigenvalue weighted by molar-refractivity contribution is 7.92. The SMILES string of the molecule is COc1ccc(C(=O)NCCNC(=O)c2ccccc2NS(=O)(=O)c2ccc(F)c(F)c2)cc1. The summed E-state index contributed by atoms with van der Waals surface area (Å²) in [5, 5.41) is 5.24. The molecule has 3 N–H and O–H groups in total. The molecule has 3 aromatic rings. The number of rotatable bonds is 9. The van der Waals surface area contributed by atoms with Gasteiger partial charge >= 0.3 is 0 Å². The standard InChI is InChI=1S/C23H21F2N3O5S/c1-33-16-8-6-15(7-9-16)22(29)26-12-13-27-23(30)18-4-2-3-5-21(18)28-34(31,32)17-10-11-19(24)20(25)14-17/h2-11,14,28H,12-13H2,1H3,(H,26,29)(H,27,30). The quantitative estimate of drug-likeness (QED) is 0.400. The van der Waals surface area contributed by atoms with E-state index in [9.17, 15) is 26.8 Å². The van der Waals surface area contributed by atoms with E-state index >= 15 is 0 Å². The zero-order chi connectivity index (χ0) is 24.7. The molecule has 0 saturated heterocycles. The van der Waals surface area contributed by atoms with Crippen molar-refractivity contribution in [2.45, 2.75) is 4.90 Å². The van der Waals surface area contributed by atoms with Crippen molar-refractivity contribution in [3.05, 3.63) is 89.5 Å². The van der Waals surface area contributed by atoms with Crippen LogP contribution in [0.4, 0.5) is 14.5 Å². The van der Waals surface area contributed by atoms with E-state index in [1.54, 1.807) is 24.3 Å². The van der Waals surface area contributed by atoms with Crippen LogP contribution in [0.3, 0.4) is 0 Å². The number of methoxy groups -OCH3 is 1. The second-order valence-corrected chi connectivity index (χ2v) is 8.65. The average Bonchev–Trinajstić information content (AvgIpc) is 2.83. The molecule has 0 aliphatic carbocycles. The molecule has 3 aromatic carbocycles. The van der Waals surface area contributed by atoms with Crippen LogP contribution in [-0.4, -0.2) is 40.4 Å². The fourth-order valence-corrected chi connectivity index (χ4v) is 4.00. The molecule has 0 radical (unpaired) electrons. The Hall–Kier alpha value is -3.99. The summed E-state index contributed by atoms with van der Waals surface area (Å²) in [6.45, 7) is 0.199. The number of sulfonamides is 1. The summed E-state index contributed by atoms with van der Waals surface area (Å²) in [6.07, 6.45) is 0. The van der Waals surface area contributed by atoms with Gasteiger partial charge in [0.1, 0.15) is 5.75 Å². The highest BCUT2D eigenvalue weighted by atomic mass is 32.2. The van der Waals surface area contributed by atoms with E-state index < -0.39 is 32.5 Å². The number of carbonyl (C=O) groups excluding carboxylic acids is 2. The molecule has 0 atom stereocenters. The Bertz CT molecular complexity index is 1300. The Morgan fingerprint density at radius 3 is 2.15 bits per heavy atom. The minimum atomic E-state index is -4.28. The van der Waals surface area contributed by atoms with Gasteiger partial charge < -0.3 is 15.4 Å². The Kier molecular flexibility index (Phi) is 7.79. The Morgan fingerprint density at radius 1 is 0.853 bits per heavy atom. The van der Waals surface area contributed by atoms with E-state index in [1.165, 1.54) is 31.4 Å². The van der Waals surface area contributed by atoms with Gasteiger partial charge in [0.2, 0.25) is 0 Å². The van der Waals surface area contributed by atoms with Gasteiger partial charge in [0.05, 0.1) is 23.3 Å². The second kappa shape index (κ2) is 10.8. The van der Waals surface area contributed by atoms with Crippen molar-refractivity contribution in [3.63, 3.8) is 0 Å². The van der Waals surface area contributed by atoms with E-state index in [4.69, 9.17) is 4.74 Å². The number of amides is 2. The van der Waals surface area contributed by atoms with Crippen LogP contribution in [0.1, 0.15) is 20.7 Å². The summed E-state index contributed by atoms with van der Waals surface area (Å²) in [6, 6.07) is 14.5. The largest absolute Gasteiger partial charge is 0.497 e. The predicted octanol–water partition coefficient (Wildman–Crippen LogP) is 2.93. The Balaban J connectivity index is 1.60. The lowest BCUT2D eigenvalue weighted by atomic mass is 10.1. The molecule has 0 saturated carbocycles. The molecule has 0 heterocycles. The maximum atomic E-state index is 13.5. The van der Waals surface area contributed by atoms with Crippen molar-refractivity contribution in [2.75, 3.05) is 24.9 Å². The summed E-state index contributed by atoms with van der Waals surface area (Å²) in [7, 11) is -2.77. The summed E-state index contributed by atoms with van der Waals surface area (Å²) in [5.74, 6) is -2.81. The number of nitrogens with one attached hydrogen (secondary N) is 3. The van der Waals surface area contributed by atoms with Crippen LogP contribution in [0.5, 0.6) is 5.75 Å². The fourth-order valence-electron chi connectivity index (χ4n) is 2.91. The molecular formula is C23H21F2N3O5S. The molecule has 0 unspecified atom stereocenters. The maximum Gasteiger partial charge on any atom is 0.262 e. The minimum Gasteiger partial charge on any atom is -0.497 e. The molecule has 178 valence electrons. The summed E-state index contributed by atoms with van der Waals surface area (Å²) in [5.41, 5.74) is 0.381. The lowest BCUT2D eigenvalue weighted by Gasteiger charge is -2.13. The van der Waals surface area contributed by atoms with Crippen LogP contribution >= 0.6 is 0 Å². The number of hydrogen-bond acceptors (Lipinski definition) is 5. The zero-order valence-electron chi connectivity index (χ0n) is 18.0. The van der Waals surface area contributed by atoms with Crippen molar-refractivity contribution in [1.82, 2.24) is 10.6 Å². The molecule has 3 rings (SSSR count). The van der Waals surface area contributed by atoms with Gasteiger partial charge in [0, 0.05) is 18.7 Å². The molecule has 0 bridgehead atoms. The van der Waals surface area contributed by atoms with Crippen molar-refractivity contribution < 1.29 is 31.5 Å². The van der Waals surface area contributed by atoms with Crippen LogP contribution in [0, 0.1) is 11.6 Å². The minimum absolute atomic E-state index is 0.00939. The first-order chi connectivity index (χ1) is 16.2. The van der Waals surface area contributed by atoms with E-state index in [-0.39, 0.29) is 30.2 Å².